The maximum absolute atomic E-state index is 3.55. The Balaban J connectivity index is 1.89. The average Bonchev–Trinajstić information content (AvgIpc) is 3.21. The second kappa shape index (κ2) is 6.11. The number of thiophene rings is 1. The lowest BCUT2D eigenvalue weighted by atomic mass is 9.98. The van der Waals surface area contributed by atoms with E-state index < -0.39 is 0 Å². The van der Waals surface area contributed by atoms with Gasteiger partial charge in [0.2, 0.25) is 0 Å². The Morgan fingerprint density at radius 2 is 1.50 bits per heavy atom. The van der Waals surface area contributed by atoms with Crippen molar-refractivity contribution in [3.05, 3.63) is 83.5 Å². The van der Waals surface area contributed by atoms with Gasteiger partial charge in [0, 0.05) is 54.7 Å². The summed E-state index contributed by atoms with van der Waals surface area (Å²) in [6.07, 6.45) is 2.27. The molecule has 26 heavy (non-hydrogen) atoms. The topological polar surface area (TPSA) is 4.93 Å². The third-order valence-electron chi connectivity index (χ3n) is 4.87. The van der Waals surface area contributed by atoms with E-state index in [1.54, 1.807) is 0 Å². The molecule has 0 fully saturated rings. The Bertz CT molecular complexity index is 1240. The molecule has 0 aliphatic carbocycles. The fourth-order valence-electron chi connectivity index (χ4n) is 3.66. The minimum Gasteiger partial charge on any atom is -0.350 e. The van der Waals surface area contributed by atoms with Crippen LogP contribution in [0.2, 0.25) is 0 Å². The van der Waals surface area contributed by atoms with Crippen LogP contribution in [0, 0.1) is 0 Å². The molecular weight excluding hydrogens is 402 g/mol. The van der Waals surface area contributed by atoms with Gasteiger partial charge in [0.15, 0.2) is 0 Å². The van der Waals surface area contributed by atoms with Crippen LogP contribution in [-0.4, -0.2) is 4.57 Å². The molecule has 3 heteroatoms. The molecule has 0 atom stereocenters. The van der Waals surface area contributed by atoms with E-state index in [1.807, 2.05) is 11.3 Å². The summed E-state index contributed by atoms with van der Waals surface area (Å²) in [7, 11) is 2.12. The van der Waals surface area contributed by atoms with Crippen molar-refractivity contribution < 1.29 is 0 Å². The zero-order valence-electron chi connectivity index (χ0n) is 14.2. The van der Waals surface area contributed by atoms with E-state index in [0.29, 0.717) is 0 Å². The Morgan fingerprint density at radius 3 is 2.31 bits per heavy atom. The number of rotatable bonds is 2. The third kappa shape index (κ3) is 2.43. The van der Waals surface area contributed by atoms with Gasteiger partial charge in [0.05, 0.1) is 0 Å². The Hall–Kier alpha value is -2.36. The van der Waals surface area contributed by atoms with Crippen LogP contribution >= 0.6 is 27.3 Å². The molecule has 0 bridgehead atoms. The molecule has 0 unspecified atom stereocenters. The zero-order chi connectivity index (χ0) is 17.7. The lowest BCUT2D eigenvalue weighted by molar-refractivity contribution is 0.970. The number of hydrogen-bond acceptors (Lipinski definition) is 1. The van der Waals surface area contributed by atoms with E-state index in [4.69, 9.17) is 0 Å². The quantitative estimate of drug-likeness (QED) is 0.280. The van der Waals surface area contributed by atoms with Crippen LogP contribution < -0.4 is 0 Å². The molecule has 2 aromatic heterocycles. The smallest absolute Gasteiger partial charge is 0.0484 e. The number of halogens is 1. The van der Waals surface area contributed by atoms with E-state index in [-0.39, 0.29) is 0 Å². The molecule has 0 radical (unpaired) electrons. The molecule has 0 saturated carbocycles. The minimum absolute atomic E-state index is 1.11. The normalized spacial score (nSPS) is 11.5. The maximum Gasteiger partial charge on any atom is 0.0484 e. The van der Waals surface area contributed by atoms with Crippen molar-refractivity contribution in [1.29, 1.82) is 0 Å². The molecule has 0 aliphatic rings. The zero-order valence-corrected chi connectivity index (χ0v) is 16.6. The van der Waals surface area contributed by atoms with Crippen molar-refractivity contribution in [1.82, 2.24) is 4.57 Å². The number of aryl methyl sites for hydroxylation is 1. The Morgan fingerprint density at radius 1 is 0.808 bits per heavy atom. The fourth-order valence-corrected chi connectivity index (χ4v) is 5.15. The predicted molar refractivity (Wildman–Crippen MR) is 117 cm³/mol. The summed E-state index contributed by atoms with van der Waals surface area (Å²) in [5, 5.41) is 2.63. The van der Waals surface area contributed by atoms with Crippen LogP contribution in [-0.2, 0) is 7.05 Å². The molecular formula is C23H16BrNS. The highest BCUT2D eigenvalue weighted by Crippen LogP contribution is 2.47. The van der Waals surface area contributed by atoms with Gasteiger partial charge in [0.1, 0.15) is 0 Å². The molecule has 0 spiro atoms. The second-order valence-electron chi connectivity index (χ2n) is 6.48. The van der Waals surface area contributed by atoms with Gasteiger partial charge in [-0.3, -0.25) is 0 Å². The van der Waals surface area contributed by atoms with E-state index in [0.717, 1.165) is 4.47 Å². The van der Waals surface area contributed by atoms with Crippen LogP contribution in [0.3, 0.4) is 0 Å². The SMILES string of the molecule is Cn1cc(-c2c(-c3ccc(Br)cc3)sc3ccccc23)c2ccccc21. The molecule has 0 amide bonds. The van der Waals surface area contributed by atoms with Crippen LogP contribution in [0.4, 0.5) is 0 Å². The monoisotopic (exact) mass is 417 g/mol. The van der Waals surface area contributed by atoms with E-state index in [1.165, 1.54) is 42.6 Å². The van der Waals surface area contributed by atoms with Crippen LogP contribution in [0.1, 0.15) is 0 Å². The largest absolute Gasteiger partial charge is 0.350 e. The molecule has 0 saturated heterocycles. The number of para-hydroxylation sites is 1. The van der Waals surface area contributed by atoms with Crippen molar-refractivity contribution in [2.24, 2.45) is 7.05 Å². The van der Waals surface area contributed by atoms with Gasteiger partial charge in [-0.2, -0.15) is 0 Å². The van der Waals surface area contributed by atoms with Crippen molar-refractivity contribution in [3.8, 4) is 21.6 Å². The maximum atomic E-state index is 3.55. The van der Waals surface area contributed by atoms with Crippen molar-refractivity contribution in [2.45, 2.75) is 0 Å². The fraction of sp³-hybridized carbons (Fsp3) is 0.0435. The van der Waals surface area contributed by atoms with Gasteiger partial charge >= 0.3 is 0 Å². The lowest BCUT2D eigenvalue weighted by Gasteiger charge is -2.05. The van der Waals surface area contributed by atoms with Crippen molar-refractivity contribution in [2.75, 3.05) is 0 Å². The number of benzene rings is 3. The predicted octanol–water partition coefficient (Wildman–Crippen LogP) is 7.49. The summed E-state index contributed by atoms with van der Waals surface area (Å²) in [4.78, 5) is 1.33. The van der Waals surface area contributed by atoms with Crippen LogP contribution in [0.5, 0.6) is 0 Å². The Kier molecular flexibility index (Phi) is 3.73. The summed E-state index contributed by atoms with van der Waals surface area (Å²) in [6, 6.07) is 26.0. The van der Waals surface area contributed by atoms with Gasteiger partial charge in [-0.25, -0.2) is 0 Å². The first kappa shape index (κ1) is 15.9. The molecule has 126 valence electrons. The standard InChI is InChI=1S/C23H16BrNS/c1-25-14-19(17-6-2-4-8-20(17)25)22-18-7-3-5-9-21(18)26-23(22)15-10-12-16(24)13-11-15/h2-14H,1H3. The van der Waals surface area contributed by atoms with Crippen molar-refractivity contribution in [3.63, 3.8) is 0 Å². The molecule has 5 aromatic rings. The molecule has 2 heterocycles. The number of aromatic nitrogens is 1. The minimum atomic E-state index is 1.11. The summed E-state index contributed by atoms with van der Waals surface area (Å²) in [5.41, 5.74) is 5.17. The van der Waals surface area contributed by atoms with Crippen molar-refractivity contribution >= 4 is 48.3 Å². The number of nitrogens with zero attached hydrogens (tertiary/aromatic N) is 1. The molecule has 5 rings (SSSR count). The van der Waals surface area contributed by atoms with Crippen LogP contribution in [0.15, 0.2) is 83.5 Å². The second-order valence-corrected chi connectivity index (χ2v) is 8.45. The first-order chi connectivity index (χ1) is 12.7. The summed E-state index contributed by atoms with van der Waals surface area (Å²) in [5.74, 6) is 0. The van der Waals surface area contributed by atoms with E-state index >= 15 is 0 Å². The summed E-state index contributed by atoms with van der Waals surface area (Å²) in [6.45, 7) is 0. The molecule has 0 aliphatic heterocycles. The highest BCUT2D eigenvalue weighted by atomic mass is 79.9. The summed E-state index contributed by atoms with van der Waals surface area (Å²) >= 11 is 5.42. The molecule has 3 aromatic carbocycles. The van der Waals surface area contributed by atoms with Gasteiger partial charge in [-0.05, 0) is 29.8 Å². The van der Waals surface area contributed by atoms with Gasteiger partial charge in [-0.15, -0.1) is 11.3 Å². The van der Waals surface area contributed by atoms with Gasteiger partial charge in [0.25, 0.3) is 0 Å². The van der Waals surface area contributed by atoms with Gasteiger partial charge in [-0.1, -0.05) is 64.5 Å². The number of hydrogen-bond donors (Lipinski definition) is 0. The van der Waals surface area contributed by atoms with E-state index in [9.17, 15) is 0 Å². The average molecular weight is 418 g/mol. The Labute approximate surface area is 164 Å². The first-order valence-corrected chi connectivity index (χ1v) is 10.2. The molecule has 0 N–H and O–H groups in total. The number of fused-ring (bicyclic) bond motifs is 2. The molecule has 1 nitrogen and oxygen atoms in total. The summed E-state index contributed by atoms with van der Waals surface area (Å²) < 4.78 is 4.66. The van der Waals surface area contributed by atoms with Crippen LogP contribution in [0.25, 0.3) is 42.6 Å². The highest BCUT2D eigenvalue weighted by Gasteiger charge is 2.19. The van der Waals surface area contributed by atoms with Gasteiger partial charge < -0.3 is 4.57 Å². The first-order valence-electron chi connectivity index (χ1n) is 8.54. The van der Waals surface area contributed by atoms with E-state index in [2.05, 4.69) is 107 Å². The lowest BCUT2D eigenvalue weighted by Crippen LogP contribution is -1.82. The highest BCUT2D eigenvalue weighted by molar-refractivity contribution is 9.10. The third-order valence-corrected chi connectivity index (χ3v) is 6.62.